The molecule has 1 aliphatic heterocycles. The molecule has 2 aromatic rings. The fraction of sp³-hybridized carbons (Fsp3) is 0.176. The second-order valence-corrected chi connectivity index (χ2v) is 7.56. The predicted octanol–water partition coefficient (Wildman–Crippen LogP) is 2.17. The number of ether oxygens (including phenoxy) is 2. The molecule has 1 N–H and O–H groups in total. The summed E-state index contributed by atoms with van der Waals surface area (Å²) in [5.74, 6) is 0.0984. The number of rotatable bonds is 5. The molecule has 0 aliphatic carbocycles. The van der Waals surface area contributed by atoms with Gasteiger partial charge in [0.2, 0.25) is 10.0 Å². The largest absolute Gasteiger partial charge is 0.486 e. The topological polar surface area (TPSA) is 94.6 Å². The SMILES string of the molecule is O=C(C=Cc1ccc2c(c1)OCCO2)NS(=O)(=O)Cc1ccc(Cl)nc1. The summed E-state index contributed by atoms with van der Waals surface area (Å²) in [6, 6.07) is 8.20. The van der Waals surface area contributed by atoms with Gasteiger partial charge in [-0.25, -0.2) is 18.1 Å². The van der Waals surface area contributed by atoms with Gasteiger partial charge >= 0.3 is 0 Å². The average molecular weight is 395 g/mol. The maximum Gasteiger partial charge on any atom is 0.257 e. The van der Waals surface area contributed by atoms with Gasteiger partial charge in [-0.3, -0.25) is 4.79 Å². The molecule has 0 unspecified atom stereocenters. The number of halogens is 1. The summed E-state index contributed by atoms with van der Waals surface area (Å²) < 4.78 is 36.9. The van der Waals surface area contributed by atoms with E-state index in [9.17, 15) is 13.2 Å². The standard InChI is InChI=1S/C17H15ClN2O5S/c18-16-5-2-13(10-19-16)11-26(22,23)20-17(21)6-3-12-1-4-14-15(9-12)25-8-7-24-14/h1-6,9-10H,7-8,11H2,(H,20,21). The lowest BCUT2D eigenvalue weighted by atomic mass is 10.2. The molecular formula is C17H15ClN2O5S. The smallest absolute Gasteiger partial charge is 0.257 e. The van der Waals surface area contributed by atoms with Crippen LogP contribution in [0.15, 0.2) is 42.6 Å². The Morgan fingerprint density at radius 3 is 2.69 bits per heavy atom. The van der Waals surface area contributed by atoms with Crippen molar-refractivity contribution >= 4 is 33.6 Å². The predicted molar refractivity (Wildman–Crippen MR) is 96.5 cm³/mol. The lowest BCUT2D eigenvalue weighted by Gasteiger charge is -2.18. The van der Waals surface area contributed by atoms with Crippen molar-refractivity contribution < 1.29 is 22.7 Å². The summed E-state index contributed by atoms with van der Waals surface area (Å²) in [7, 11) is -3.84. The number of hydrogen-bond acceptors (Lipinski definition) is 6. The van der Waals surface area contributed by atoms with E-state index in [1.54, 1.807) is 18.2 Å². The van der Waals surface area contributed by atoms with Crippen LogP contribution in [0.5, 0.6) is 11.5 Å². The van der Waals surface area contributed by atoms with Crippen molar-refractivity contribution in [1.29, 1.82) is 0 Å². The molecule has 7 nitrogen and oxygen atoms in total. The molecule has 0 saturated heterocycles. The van der Waals surface area contributed by atoms with E-state index in [0.29, 0.717) is 35.8 Å². The van der Waals surface area contributed by atoms with Crippen molar-refractivity contribution in [2.24, 2.45) is 0 Å². The molecule has 1 aliphatic rings. The first-order chi connectivity index (χ1) is 12.4. The van der Waals surface area contributed by atoms with Gasteiger partial charge in [0.15, 0.2) is 11.5 Å². The molecule has 0 fully saturated rings. The first-order valence-corrected chi connectivity index (χ1v) is 9.67. The highest BCUT2D eigenvalue weighted by Gasteiger charge is 2.15. The molecule has 9 heteroatoms. The molecule has 1 aromatic heterocycles. The molecular weight excluding hydrogens is 380 g/mol. The Labute approximate surface area is 155 Å². The van der Waals surface area contributed by atoms with Crippen LogP contribution in [0.3, 0.4) is 0 Å². The molecule has 26 heavy (non-hydrogen) atoms. The van der Waals surface area contributed by atoms with Gasteiger partial charge in [0.05, 0.1) is 5.75 Å². The van der Waals surface area contributed by atoms with E-state index < -0.39 is 15.9 Å². The summed E-state index contributed by atoms with van der Waals surface area (Å²) in [6.07, 6.45) is 3.98. The molecule has 1 amide bonds. The Balaban J connectivity index is 1.62. The molecule has 0 spiro atoms. The van der Waals surface area contributed by atoms with Gasteiger partial charge in [0.1, 0.15) is 18.4 Å². The maximum atomic E-state index is 12.0. The van der Waals surface area contributed by atoms with Crippen LogP contribution in [0.1, 0.15) is 11.1 Å². The second-order valence-electron chi connectivity index (χ2n) is 5.45. The summed E-state index contributed by atoms with van der Waals surface area (Å²) >= 11 is 5.65. The van der Waals surface area contributed by atoms with Crippen LogP contribution >= 0.6 is 11.6 Å². The number of amides is 1. The number of sulfonamides is 1. The van der Waals surface area contributed by atoms with Crippen molar-refractivity contribution in [1.82, 2.24) is 9.71 Å². The summed E-state index contributed by atoms with van der Waals surface area (Å²) in [5, 5.41) is 0.262. The van der Waals surface area contributed by atoms with Gasteiger partial charge in [-0.1, -0.05) is 23.7 Å². The number of pyridine rings is 1. The third-order valence-corrected chi connectivity index (χ3v) is 4.84. The number of benzene rings is 1. The van der Waals surface area contributed by atoms with E-state index in [-0.39, 0.29) is 10.9 Å². The van der Waals surface area contributed by atoms with Gasteiger partial charge < -0.3 is 9.47 Å². The van der Waals surface area contributed by atoms with Crippen LogP contribution in [0, 0.1) is 0 Å². The number of nitrogens with zero attached hydrogens (tertiary/aromatic N) is 1. The monoisotopic (exact) mass is 394 g/mol. The molecule has 0 atom stereocenters. The second kappa shape index (κ2) is 7.76. The summed E-state index contributed by atoms with van der Waals surface area (Å²) in [6.45, 7) is 0.948. The Hall–Kier alpha value is -2.58. The third kappa shape index (κ3) is 4.96. The first kappa shape index (κ1) is 18.2. The van der Waals surface area contributed by atoms with E-state index >= 15 is 0 Å². The van der Waals surface area contributed by atoms with Gasteiger partial charge in [0.25, 0.3) is 5.91 Å². The zero-order valence-corrected chi connectivity index (χ0v) is 15.1. The molecule has 0 radical (unpaired) electrons. The van der Waals surface area contributed by atoms with Crippen LogP contribution in [0.2, 0.25) is 5.15 Å². The van der Waals surface area contributed by atoms with Crippen LogP contribution in [0.4, 0.5) is 0 Å². The Morgan fingerprint density at radius 1 is 1.19 bits per heavy atom. The zero-order valence-electron chi connectivity index (χ0n) is 13.5. The number of nitrogens with one attached hydrogen (secondary N) is 1. The van der Waals surface area contributed by atoms with Gasteiger partial charge in [0, 0.05) is 12.3 Å². The van der Waals surface area contributed by atoms with E-state index in [0.717, 1.165) is 6.08 Å². The van der Waals surface area contributed by atoms with Crippen LogP contribution in [-0.4, -0.2) is 32.5 Å². The average Bonchev–Trinajstić information content (AvgIpc) is 2.61. The molecule has 1 aromatic carbocycles. The van der Waals surface area contributed by atoms with Crippen LogP contribution in [0.25, 0.3) is 6.08 Å². The minimum absolute atomic E-state index is 0.262. The lowest BCUT2D eigenvalue weighted by molar-refractivity contribution is -0.114. The molecule has 2 heterocycles. The Kier molecular flexibility index (Phi) is 5.43. The molecule has 136 valence electrons. The maximum absolute atomic E-state index is 12.0. The van der Waals surface area contributed by atoms with E-state index in [2.05, 4.69) is 4.98 Å². The highest BCUT2D eigenvalue weighted by atomic mass is 35.5. The van der Waals surface area contributed by atoms with E-state index in [4.69, 9.17) is 21.1 Å². The van der Waals surface area contributed by atoms with Crippen LogP contribution < -0.4 is 14.2 Å². The van der Waals surface area contributed by atoms with Crippen molar-refractivity contribution in [2.45, 2.75) is 5.75 Å². The van der Waals surface area contributed by atoms with Crippen molar-refractivity contribution in [3.05, 3.63) is 58.9 Å². The minimum Gasteiger partial charge on any atom is -0.486 e. The lowest BCUT2D eigenvalue weighted by Crippen LogP contribution is -2.30. The molecule has 0 saturated carbocycles. The van der Waals surface area contributed by atoms with Gasteiger partial charge in [-0.15, -0.1) is 0 Å². The minimum atomic E-state index is -3.84. The highest BCUT2D eigenvalue weighted by Crippen LogP contribution is 2.31. The quantitative estimate of drug-likeness (QED) is 0.617. The van der Waals surface area contributed by atoms with Crippen molar-refractivity contribution in [3.8, 4) is 11.5 Å². The number of fused-ring (bicyclic) bond motifs is 1. The number of carbonyl (C=O) groups excluding carboxylic acids is 1. The van der Waals surface area contributed by atoms with Crippen molar-refractivity contribution in [2.75, 3.05) is 13.2 Å². The van der Waals surface area contributed by atoms with Crippen LogP contribution in [-0.2, 0) is 20.6 Å². The van der Waals surface area contributed by atoms with Crippen molar-refractivity contribution in [3.63, 3.8) is 0 Å². The molecule has 0 bridgehead atoms. The fourth-order valence-electron chi connectivity index (χ4n) is 2.27. The van der Waals surface area contributed by atoms with E-state index in [1.165, 1.54) is 24.4 Å². The molecule has 3 rings (SSSR count). The Morgan fingerprint density at radius 2 is 1.96 bits per heavy atom. The third-order valence-electron chi connectivity index (χ3n) is 3.39. The first-order valence-electron chi connectivity index (χ1n) is 7.64. The Bertz CT molecular complexity index is 942. The summed E-state index contributed by atoms with van der Waals surface area (Å²) in [4.78, 5) is 15.7. The highest BCUT2D eigenvalue weighted by molar-refractivity contribution is 7.89. The normalized spacial score (nSPS) is 13.6. The number of aromatic nitrogens is 1. The summed E-state index contributed by atoms with van der Waals surface area (Å²) in [5.41, 5.74) is 1.11. The van der Waals surface area contributed by atoms with E-state index in [1.807, 2.05) is 4.72 Å². The van der Waals surface area contributed by atoms with Gasteiger partial charge in [-0.2, -0.15) is 0 Å². The zero-order chi connectivity index (χ0) is 18.6. The fourth-order valence-corrected chi connectivity index (χ4v) is 3.44. The number of carbonyl (C=O) groups is 1. The number of hydrogen-bond donors (Lipinski definition) is 1. The van der Waals surface area contributed by atoms with Gasteiger partial charge in [-0.05, 0) is 35.4 Å².